The molecule has 7 nitrogen and oxygen atoms in total. The zero-order valence-corrected chi connectivity index (χ0v) is 15.4. The molecule has 0 aliphatic carbocycles. The van der Waals surface area contributed by atoms with E-state index in [-0.39, 0.29) is 53.1 Å². The smallest absolute Gasteiger partial charge is 0.716 e. The molecule has 0 saturated heterocycles. The Bertz CT molecular complexity index is 865. The summed E-state index contributed by atoms with van der Waals surface area (Å²) in [5.41, 5.74) is 0.696. The number of fused-ring (bicyclic) bond motifs is 1. The average Bonchev–Trinajstić information content (AvgIpc) is 2.45. The summed E-state index contributed by atoms with van der Waals surface area (Å²) >= 11 is 0. The van der Waals surface area contributed by atoms with Crippen LogP contribution in [0, 0.1) is 0 Å². The van der Waals surface area contributed by atoms with Crippen LogP contribution in [0.3, 0.4) is 0 Å². The minimum absolute atomic E-state index is 0. The van der Waals surface area contributed by atoms with Crippen molar-refractivity contribution in [2.75, 3.05) is 0 Å². The molecule has 1 atom stereocenters. The van der Waals surface area contributed by atoms with Crippen molar-refractivity contribution >= 4 is 16.2 Å². The van der Waals surface area contributed by atoms with E-state index in [1.807, 2.05) is 6.07 Å². The molecule has 1 heterocycles. The molecule has 1 aliphatic heterocycles. The molecule has 0 radical (unpaired) electrons. The number of ketones is 1. The third-order valence-corrected chi connectivity index (χ3v) is 3.74. The largest absolute Gasteiger partial charge is 1.00 e. The SMILES string of the molecule is O=C1CC(c2ccccc2)Oc2cc(OS(=O)(=O)[O-])cc(O)c21.[Na+]. The van der Waals surface area contributed by atoms with E-state index in [4.69, 9.17) is 4.74 Å². The molecule has 1 N–H and O–H groups in total. The fraction of sp³-hybridized carbons (Fsp3) is 0.133. The van der Waals surface area contributed by atoms with E-state index < -0.39 is 28.0 Å². The molecule has 120 valence electrons. The summed E-state index contributed by atoms with van der Waals surface area (Å²) in [6.45, 7) is 0. The minimum Gasteiger partial charge on any atom is -0.716 e. The molecular formula is C15H11NaO7S. The van der Waals surface area contributed by atoms with Gasteiger partial charge in [-0.2, -0.15) is 0 Å². The second kappa shape index (κ2) is 7.12. The minimum atomic E-state index is -5.00. The molecule has 2 aromatic rings. The van der Waals surface area contributed by atoms with Crippen LogP contribution in [0.2, 0.25) is 0 Å². The molecule has 24 heavy (non-hydrogen) atoms. The van der Waals surface area contributed by atoms with Crippen LogP contribution in [0.1, 0.15) is 28.4 Å². The first kappa shape index (κ1) is 18.8. The van der Waals surface area contributed by atoms with Gasteiger partial charge in [0, 0.05) is 12.1 Å². The molecule has 2 aromatic carbocycles. The maximum atomic E-state index is 12.2. The second-order valence-corrected chi connectivity index (χ2v) is 5.93. The van der Waals surface area contributed by atoms with E-state index in [1.165, 1.54) is 0 Å². The molecule has 0 fully saturated rings. The first-order valence-electron chi connectivity index (χ1n) is 6.60. The second-order valence-electron chi connectivity index (χ2n) is 4.95. The standard InChI is InChI=1S/C15H12O7S.Na/c16-11-6-10(22-23(18,19)20)7-14-15(11)12(17)8-13(21-14)9-4-2-1-3-5-9;/h1-7,13,16H,8H2,(H,18,19,20);/q;+1/p-1. The Hall–Kier alpha value is -1.58. The van der Waals surface area contributed by atoms with Gasteiger partial charge in [-0.05, 0) is 5.56 Å². The Labute approximate surface area is 160 Å². The van der Waals surface area contributed by atoms with Gasteiger partial charge in [-0.25, -0.2) is 8.42 Å². The number of carbonyl (C=O) groups is 1. The Kier molecular flexibility index (Phi) is 5.56. The van der Waals surface area contributed by atoms with Crippen LogP contribution in [0.25, 0.3) is 0 Å². The first-order chi connectivity index (χ1) is 10.8. The third-order valence-electron chi connectivity index (χ3n) is 3.34. The number of phenolic OH excluding ortho intramolecular Hbond substituents is 1. The molecule has 1 aliphatic rings. The van der Waals surface area contributed by atoms with Crippen molar-refractivity contribution in [2.45, 2.75) is 12.5 Å². The molecule has 9 heteroatoms. The zero-order chi connectivity index (χ0) is 16.6. The Morgan fingerprint density at radius 3 is 2.50 bits per heavy atom. The van der Waals surface area contributed by atoms with Crippen molar-refractivity contribution in [2.24, 2.45) is 0 Å². The van der Waals surface area contributed by atoms with Gasteiger partial charge in [0.25, 0.3) is 10.4 Å². The number of ether oxygens (including phenoxy) is 1. The molecule has 0 saturated carbocycles. The number of rotatable bonds is 3. The van der Waals surface area contributed by atoms with E-state index in [1.54, 1.807) is 24.3 Å². The molecule has 0 spiro atoms. The number of phenols is 1. The Morgan fingerprint density at radius 1 is 1.21 bits per heavy atom. The van der Waals surface area contributed by atoms with Crippen LogP contribution >= 0.6 is 0 Å². The predicted octanol–water partition coefficient (Wildman–Crippen LogP) is -1.06. The van der Waals surface area contributed by atoms with Gasteiger partial charge in [-0.1, -0.05) is 30.3 Å². The number of hydrogen-bond acceptors (Lipinski definition) is 7. The average molecular weight is 358 g/mol. The summed E-state index contributed by atoms with van der Waals surface area (Å²) in [7, 11) is -5.00. The van der Waals surface area contributed by atoms with Gasteiger partial charge in [-0.3, -0.25) is 4.79 Å². The van der Waals surface area contributed by atoms with Gasteiger partial charge in [-0.15, -0.1) is 0 Å². The maximum absolute atomic E-state index is 12.2. The third kappa shape index (κ3) is 4.08. The quantitative estimate of drug-likeness (QED) is 0.423. The van der Waals surface area contributed by atoms with Gasteiger partial charge in [0.05, 0.1) is 6.42 Å². The molecule has 1 unspecified atom stereocenters. The molecule has 0 aromatic heterocycles. The van der Waals surface area contributed by atoms with E-state index in [2.05, 4.69) is 4.18 Å². The predicted molar refractivity (Wildman–Crippen MR) is 77.2 cm³/mol. The number of carbonyl (C=O) groups excluding carboxylic acids is 1. The van der Waals surface area contributed by atoms with E-state index in [0.717, 1.165) is 17.7 Å². The normalized spacial score (nSPS) is 16.5. The number of hydrogen-bond donors (Lipinski definition) is 1. The van der Waals surface area contributed by atoms with Gasteiger partial charge in [0.15, 0.2) is 5.78 Å². The molecular weight excluding hydrogens is 347 g/mol. The van der Waals surface area contributed by atoms with Crippen molar-refractivity contribution in [3.05, 3.63) is 53.6 Å². The van der Waals surface area contributed by atoms with Crippen molar-refractivity contribution in [1.29, 1.82) is 0 Å². The summed E-state index contributed by atoms with van der Waals surface area (Å²) in [4.78, 5) is 12.2. The summed E-state index contributed by atoms with van der Waals surface area (Å²) in [6.07, 6.45) is -0.542. The van der Waals surface area contributed by atoms with Gasteiger partial charge in [0.2, 0.25) is 0 Å². The van der Waals surface area contributed by atoms with Gasteiger partial charge in [0.1, 0.15) is 28.9 Å². The van der Waals surface area contributed by atoms with Gasteiger partial charge >= 0.3 is 29.6 Å². The summed E-state index contributed by atoms with van der Waals surface area (Å²) in [6, 6.07) is 10.9. The topological polar surface area (TPSA) is 113 Å². The van der Waals surface area contributed by atoms with Crippen LogP contribution in [-0.2, 0) is 10.4 Å². The summed E-state index contributed by atoms with van der Waals surface area (Å²) < 4.78 is 41.8. The Morgan fingerprint density at radius 2 is 1.88 bits per heavy atom. The van der Waals surface area contributed by atoms with Crippen molar-refractivity contribution < 1.29 is 61.3 Å². The molecule has 3 rings (SSSR count). The zero-order valence-electron chi connectivity index (χ0n) is 12.6. The van der Waals surface area contributed by atoms with E-state index >= 15 is 0 Å². The van der Waals surface area contributed by atoms with Crippen LogP contribution in [0.5, 0.6) is 17.2 Å². The van der Waals surface area contributed by atoms with Crippen molar-refractivity contribution in [3.8, 4) is 17.2 Å². The monoisotopic (exact) mass is 358 g/mol. The Balaban J connectivity index is 0.00000208. The van der Waals surface area contributed by atoms with E-state index in [9.17, 15) is 22.9 Å². The number of aromatic hydroxyl groups is 1. The number of benzene rings is 2. The van der Waals surface area contributed by atoms with Gasteiger partial charge < -0.3 is 18.6 Å². The fourth-order valence-corrected chi connectivity index (χ4v) is 2.77. The van der Waals surface area contributed by atoms with Crippen LogP contribution < -0.4 is 38.5 Å². The fourth-order valence-electron chi connectivity index (χ4n) is 2.43. The van der Waals surface area contributed by atoms with E-state index in [0.29, 0.717) is 0 Å². The summed E-state index contributed by atoms with van der Waals surface area (Å²) in [5.74, 6) is -1.31. The van der Waals surface area contributed by atoms with Crippen LogP contribution in [0.15, 0.2) is 42.5 Å². The molecule has 0 bridgehead atoms. The van der Waals surface area contributed by atoms with Crippen LogP contribution in [-0.4, -0.2) is 23.9 Å². The first-order valence-corrected chi connectivity index (χ1v) is 7.94. The number of Topliss-reactive ketones (excluding diaryl/α,β-unsaturated/α-hetero) is 1. The maximum Gasteiger partial charge on any atom is 1.00 e. The van der Waals surface area contributed by atoms with Crippen molar-refractivity contribution in [3.63, 3.8) is 0 Å². The summed E-state index contributed by atoms with van der Waals surface area (Å²) in [5, 5.41) is 9.88. The van der Waals surface area contributed by atoms with Crippen LogP contribution in [0.4, 0.5) is 0 Å². The molecule has 0 amide bonds. The van der Waals surface area contributed by atoms with Crippen molar-refractivity contribution in [1.82, 2.24) is 0 Å².